The Labute approximate surface area is 80.0 Å². The summed E-state index contributed by atoms with van der Waals surface area (Å²) >= 11 is 1.59. The molecule has 2 nitrogen and oxygen atoms in total. The second-order valence-corrected chi connectivity index (χ2v) is 3.85. The van der Waals surface area contributed by atoms with Crippen molar-refractivity contribution in [3.63, 3.8) is 0 Å². The molecule has 1 aromatic carbocycles. The zero-order chi connectivity index (χ0) is 9.42. The second-order valence-electron chi connectivity index (χ2n) is 2.97. The Kier molecular flexibility index (Phi) is 1.81. The summed E-state index contributed by atoms with van der Waals surface area (Å²) in [6.45, 7) is 1.95. The van der Waals surface area contributed by atoms with Gasteiger partial charge in [-0.25, -0.2) is 0 Å². The summed E-state index contributed by atoms with van der Waals surface area (Å²) in [7, 11) is 0. The molecule has 1 heterocycles. The van der Waals surface area contributed by atoms with Crippen molar-refractivity contribution in [1.29, 1.82) is 0 Å². The summed E-state index contributed by atoms with van der Waals surface area (Å²) in [4.78, 5) is 10.7. The molecule has 0 aliphatic rings. The maximum atomic E-state index is 10.7. The van der Waals surface area contributed by atoms with Gasteiger partial charge in [-0.3, -0.25) is 4.79 Å². The lowest BCUT2D eigenvalue weighted by molar-refractivity contribution is 0.112. The van der Waals surface area contributed by atoms with Gasteiger partial charge in [-0.15, -0.1) is 11.3 Å². The van der Waals surface area contributed by atoms with Crippen molar-refractivity contribution in [3.8, 4) is 0 Å². The first-order valence-electron chi connectivity index (χ1n) is 3.95. The number of thiophene rings is 1. The normalized spacial score (nSPS) is 10.5. The molecule has 0 spiro atoms. The third kappa shape index (κ3) is 1.12. The van der Waals surface area contributed by atoms with E-state index in [0.29, 0.717) is 0 Å². The van der Waals surface area contributed by atoms with Crippen molar-refractivity contribution in [2.75, 3.05) is 5.73 Å². The van der Waals surface area contributed by atoms with Crippen LogP contribution in [0.1, 0.15) is 15.9 Å². The summed E-state index contributed by atoms with van der Waals surface area (Å²) in [6.07, 6.45) is 0.880. The maximum absolute atomic E-state index is 10.7. The number of benzene rings is 1. The highest BCUT2D eigenvalue weighted by molar-refractivity contribution is 7.18. The molecular formula is C10H9NOS. The van der Waals surface area contributed by atoms with Gasteiger partial charge in [0.15, 0.2) is 0 Å². The van der Waals surface area contributed by atoms with Crippen LogP contribution in [0.3, 0.4) is 0 Å². The summed E-state index contributed by atoms with van der Waals surface area (Å²) in [6, 6.07) is 3.71. The Bertz CT molecular complexity index is 473. The Morgan fingerprint density at radius 1 is 1.46 bits per heavy atom. The number of aldehydes is 1. The van der Waals surface area contributed by atoms with Gasteiger partial charge in [0.2, 0.25) is 0 Å². The lowest BCUT2D eigenvalue weighted by Gasteiger charge is -1.99. The molecule has 2 rings (SSSR count). The summed E-state index contributed by atoms with van der Waals surface area (Å²) in [5, 5.41) is 2.96. The summed E-state index contributed by atoms with van der Waals surface area (Å²) < 4.78 is 1.11. The molecule has 0 saturated heterocycles. The van der Waals surface area contributed by atoms with E-state index >= 15 is 0 Å². The van der Waals surface area contributed by atoms with Crippen LogP contribution in [0.5, 0.6) is 0 Å². The lowest BCUT2D eigenvalue weighted by Crippen LogP contribution is -1.86. The average molecular weight is 191 g/mol. The van der Waals surface area contributed by atoms with E-state index in [1.165, 1.54) is 0 Å². The minimum atomic E-state index is 0.745. The zero-order valence-corrected chi connectivity index (χ0v) is 8.02. The Balaban J connectivity index is 2.87. The van der Waals surface area contributed by atoms with E-state index in [1.54, 1.807) is 11.3 Å². The van der Waals surface area contributed by atoms with Gasteiger partial charge in [0.1, 0.15) is 6.29 Å². The van der Waals surface area contributed by atoms with Crippen molar-refractivity contribution >= 4 is 33.4 Å². The van der Waals surface area contributed by atoms with Gasteiger partial charge in [0, 0.05) is 21.0 Å². The Hall–Kier alpha value is -1.35. The maximum Gasteiger partial charge on any atom is 0.150 e. The third-order valence-corrected chi connectivity index (χ3v) is 3.32. The molecule has 0 fully saturated rings. The molecule has 1 aromatic heterocycles. The van der Waals surface area contributed by atoms with E-state index in [2.05, 4.69) is 0 Å². The van der Waals surface area contributed by atoms with Crippen LogP contribution in [0.15, 0.2) is 17.5 Å². The minimum Gasteiger partial charge on any atom is -0.398 e. The summed E-state index contributed by atoms with van der Waals surface area (Å²) in [5.41, 5.74) is 8.32. The molecule has 0 unspecified atom stereocenters. The predicted octanol–water partition coefficient (Wildman–Crippen LogP) is 2.60. The van der Waals surface area contributed by atoms with Crippen LogP contribution in [0.4, 0.5) is 5.69 Å². The number of aryl methyl sites for hydroxylation is 1. The first kappa shape index (κ1) is 8.26. The quantitative estimate of drug-likeness (QED) is 0.704. The van der Waals surface area contributed by atoms with Crippen LogP contribution in [-0.4, -0.2) is 6.29 Å². The zero-order valence-electron chi connectivity index (χ0n) is 7.20. The van der Waals surface area contributed by atoms with Crippen molar-refractivity contribution in [2.24, 2.45) is 0 Å². The SMILES string of the molecule is Cc1c(C=O)ccc2c(N)csc12. The monoisotopic (exact) mass is 191 g/mol. The van der Waals surface area contributed by atoms with Gasteiger partial charge >= 0.3 is 0 Å². The topological polar surface area (TPSA) is 43.1 Å². The van der Waals surface area contributed by atoms with Crippen LogP contribution >= 0.6 is 11.3 Å². The number of hydrogen-bond acceptors (Lipinski definition) is 3. The number of nitrogen functional groups attached to an aromatic ring is 1. The predicted molar refractivity (Wildman–Crippen MR) is 56.4 cm³/mol. The molecule has 2 N–H and O–H groups in total. The highest BCUT2D eigenvalue weighted by Crippen LogP contribution is 2.31. The molecule has 0 saturated carbocycles. The fraction of sp³-hybridized carbons (Fsp3) is 0.100. The number of rotatable bonds is 1. The van der Waals surface area contributed by atoms with E-state index in [1.807, 2.05) is 24.4 Å². The van der Waals surface area contributed by atoms with Crippen LogP contribution in [-0.2, 0) is 0 Å². The van der Waals surface area contributed by atoms with Crippen LogP contribution in [0, 0.1) is 6.92 Å². The van der Waals surface area contributed by atoms with Crippen molar-refractivity contribution in [3.05, 3.63) is 28.6 Å². The Morgan fingerprint density at radius 2 is 2.23 bits per heavy atom. The van der Waals surface area contributed by atoms with Crippen LogP contribution < -0.4 is 5.73 Å². The molecule has 66 valence electrons. The smallest absolute Gasteiger partial charge is 0.150 e. The Morgan fingerprint density at radius 3 is 2.92 bits per heavy atom. The molecule has 0 amide bonds. The molecule has 0 radical (unpaired) electrons. The number of fused-ring (bicyclic) bond motifs is 1. The molecule has 13 heavy (non-hydrogen) atoms. The van der Waals surface area contributed by atoms with Crippen LogP contribution in [0.2, 0.25) is 0 Å². The van der Waals surface area contributed by atoms with E-state index in [9.17, 15) is 4.79 Å². The van der Waals surface area contributed by atoms with Gasteiger partial charge in [-0.05, 0) is 12.5 Å². The number of anilines is 1. The first-order chi connectivity index (χ1) is 6.24. The molecule has 3 heteroatoms. The van der Waals surface area contributed by atoms with E-state index in [4.69, 9.17) is 5.73 Å². The van der Waals surface area contributed by atoms with Crippen LogP contribution in [0.25, 0.3) is 10.1 Å². The van der Waals surface area contributed by atoms with E-state index < -0.39 is 0 Å². The fourth-order valence-electron chi connectivity index (χ4n) is 1.40. The lowest BCUT2D eigenvalue weighted by atomic mass is 10.1. The molecule has 0 aliphatic carbocycles. The van der Waals surface area contributed by atoms with Gasteiger partial charge in [0.05, 0.1) is 5.69 Å². The number of nitrogens with two attached hydrogens (primary N) is 1. The fourth-order valence-corrected chi connectivity index (χ4v) is 2.38. The highest BCUT2D eigenvalue weighted by atomic mass is 32.1. The van der Waals surface area contributed by atoms with Crippen molar-refractivity contribution < 1.29 is 4.79 Å². The highest BCUT2D eigenvalue weighted by Gasteiger charge is 2.06. The second kappa shape index (κ2) is 2.85. The molecule has 0 atom stereocenters. The largest absolute Gasteiger partial charge is 0.398 e. The minimum absolute atomic E-state index is 0.745. The van der Waals surface area contributed by atoms with Gasteiger partial charge in [0.25, 0.3) is 0 Å². The molecular weight excluding hydrogens is 182 g/mol. The standard InChI is InChI=1S/C10H9NOS/c1-6-7(4-12)2-3-8-9(11)5-13-10(6)8/h2-5H,11H2,1H3. The number of hydrogen-bond donors (Lipinski definition) is 1. The van der Waals surface area contributed by atoms with E-state index in [-0.39, 0.29) is 0 Å². The van der Waals surface area contributed by atoms with Gasteiger partial charge in [-0.2, -0.15) is 0 Å². The third-order valence-electron chi connectivity index (χ3n) is 2.19. The first-order valence-corrected chi connectivity index (χ1v) is 4.83. The average Bonchev–Trinajstić information content (AvgIpc) is 2.50. The van der Waals surface area contributed by atoms with E-state index in [0.717, 1.165) is 33.2 Å². The van der Waals surface area contributed by atoms with Gasteiger partial charge in [-0.1, -0.05) is 12.1 Å². The van der Waals surface area contributed by atoms with Crippen molar-refractivity contribution in [2.45, 2.75) is 6.92 Å². The van der Waals surface area contributed by atoms with Crippen molar-refractivity contribution in [1.82, 2.24) is 0 Å². The van der Waals surface area contributed by atoms with Gasteiger partial charge < -0.3 is 5.73 Å². The summed E-state index contributed by atoms with van der Waals surface area (Å²) in [5.74, 6) is 0. The number of carbonyl (C=O) groups is 1. The molecule has 2 aromatic rings. The number of carbonyl (C=O) groups excluding carboxylic acids is 1. The molecule has 0 bridgehead atoms. The molecule has 0 aliphatic heterocycles.